The highest BCUT2D eigenvalue weighted by Crippen LogP contribution is 2.45. The first kappa shape index (κ1) is 35.7. The Labute approximate surface area is 360 Å². The smallest absolute Gasteiger partial charge is 0.0541 e. The first-order valence-corrected chi connectivity index (χ1v) is 21.3. The molecule has 0 spiro atoms. The highest BCUT2D eigenvalue weighted by Gasteiger charge is 2.21. The van der Waals surface area contributed by atoms with E-state index in [1.54, 1.807) is 0 Å². The van der Waals surface area contributed by atoms with Crippen LogP contribution in [0.5, 0.6) is 0 Å². The van der Waals surface area contributed by atoms with E-state index in [4.69, 9.17) is 0 Å². The Morgan fingerprint density at radius 2 is 0.823 bits per heavy atom. The zero-order chi connectivity index (χ0) is 41.0. The Morgan fingerprint density at radius 1 is 0.258 bits per heavy atom. The molecule has 0 amide bonds. The maximum atomic E-state index is 2.44. The van der Waals surface area contributed by atoms with Crippen LogP contribution in [-0.2, 0) is 0 Å². The molecule has 11 aromatic carbocycles. The average Bonchev–Trinajstić information content (AvgIpc) is 3.68. The summed E-state index contributed by atoms with van der Waals surface area (Å²) in [5.41, 5.74) is 13.9. The molecule has 0 atom stereocenters. The van der Waals surface area contributed by atoms with Crippen LogP contribution >= 0.6 is 0 Å². The summed E-state index contributed by atoms with van der Waals surface area (Å²) < 4.78 is 2.44. The summed E-state index contributed by atoms with van der Waals surface area (Å²) in [6.07, 6.45) is 0. The van der Waals surface area contributed by atoms with Gasteiger partial charge in [-0.2, -0.15) is 0 Å². The van der Waals surface area contributed by atoms with E-state index in [1.807, 2.05) is 0 Å². The van der Waals surface area contributed by atoms with Gasteiger partial charge in [0.1, 0.15) is 0 Å². The first-order valence-electron chi connectivity index (χ1n) is 21.3. The Balaban J connectivity index is 1.08. The molecule has 12 rings (SSSR count). The molecule has 0 aliphatic heterocycles. The van der Waals surface area contributed by atoms with E-state index in [0.717, 1.165) is 28.3 Å². The minimum absolute atomic E-state index is 1.08. The third-order valence-corrected chi connectivity index (χ3v) is 12.5. The fourth-order valence-corrected chi connectivity index (χ4v) is 9.71. The zero-order valence-corrected chi connectivity index (χ0v) is 34.0. The van der Waals surface area contributed by atoms with Crippen molar-refractivity contribution in [3.63, 3.8) is 0 Å². The van der Waals surface area contributed by atoms with Crippen molar-refractivity contribution < 1.29 is 0 Å². The summed E-state index contributed by atoms with van der Waals surface area (Å²) in [6, 6.07) is 88.6. The molecule has 0 aliphatic rings. The maximum absolute atomic E-state index is 2.44. The molecule has 2 nitrogen and oxygen atoms in total. The van der Waals surface area contributed by atoms with Gasteiger partial charge in [0.25, 0.3) is 0 Å². The van der Waals surface area contributed by atoms with Gasteiger partial charge in [0.05, 0.1) is 16.7 Å². The molecule has 290 valence electrons. The van der Waals surface area contributed by atoms with Gasteiger partial charge >= 0.3 is 0 Å². The lowest BCUT2D eigenvalue weighted by atomic mass is 9.92. The molecular formula is C60H40N2. The van der Waals surface area contributed by atoms with Gasteiger partial charge in [-0.15, -0.1) is 0 Å². The molecule has 0 aliphatic carbocycles. The number of rotatable bonds is 7. The van der Waals surface area contributed by atoms with E-state index in [2.05, 4.69) is 252 Å². The molecule has 0 N–H and O–H groups in total. The monoisotopic (exact) mass is 788 g/mol. The van der Waals surface area contributed by atoms with Crippen molar-refractivity contribution in [3.8, 4) is 39.1 Å². The van der Waals surface area contributed by atoms with Crippen LogP contribution in [0.1, 0.15) is 0 Å². The van der Waals surface area contributed by atoms with Crippen molar-refractivity contribution in [1.82, 2.24) is 4.57 Å². The van der Waals surface area contributed by atoms with E-state index in [0.29, 0.717) is 0 Å². The third kappa shape index (κ3) is 5.96. The fourth-order valence-electron chi connectivity index (χ4n) is 9.71. The molecule has 2 heteroatoms. The molecule has 0 saturated carbocycles. The minimum atomic E-state index is 1.08. The van der Waals surface area contributed by atoms with Gasteiger partial charge < -0.3 is 9.47 Å². The van der Waals surface area contributed by atoms with Crippen LogP contribution in [0.25, 0.3) is 93.2 Å². The molecule has 62 heavy (non-hydrogen) atoms. The molecule has 0 unspecified atom stereocenters. The first-order chi connectivity index (χ1) is 30.8. The lowest BCUT2D eigenvalue weighted by Gasteiger charge is -2.28. The highest BCUT2D eigenvalue weighted by molar-refractivity contribution is 6.14. The van der Waals surface area contributed by atoms with Crippen LogP contribution in [0.3, 0.4) is 0 Å². The van der Waals surface area contributed by atoms with Crippen molar-refractivity contribution in [1.29, 1.82) is 0 Å². The van der Waals surface area contributed by atoms with Gasteiger partial charge in [0.15, 0.2) is 0 Å². The van der Waals surface area contributed by atoms with Crippen LogP contribution < -0.4 is 4.90 Å². The second-order valence-electron chi connectivity index (χ2n) is 16.1. The topological polar surface area (TPSA) is 8.17 Å². The van der Waals surface area contributed by atoms with E-state index < -0.39 is 0 Å². The number of hydrogen-bond donors (Lipinski definition) is 0. The summed E-state index contributed by atoms with van der Waals surface area (Å²) >= 11 is 0. The zero-order valence-electron chi connectivity index (χ0n) is 34.0. The second-order valence-corrected chi connectivity index (χ2v) is 16.1. The number of para-hydroxylation sites is 3. The quantitative estimate of drug-likeness (QED) is 0.146. The van der Waals surface area contributed by atoms with Gasteiger partial charge in [-0.1, -0.05) is 182 Å². The molecule has 1 heterocycles. The number of nitrogens with zero attached hydrogens (tertiary/aromatic N) is 2. The summed E-state index contributed by atoms with van der Waals surface area (Å²) in [5, 5.41) is 9.94. The van der Waals surface area contributed by atoms with Gasteiger partial charge in [-0.25, -0.2) is 0 Å². The number of aromatic nitrogens is 1. The summed E-state index contributed by atoms with van der Waals surface area (Å²) in [6.45, 7) is 0. The lowest BCUT2D eigenvalue weighted by molar-refractivity contribution is 1.18. The molecule has 0 bridgehead atoms. The van der Waals surface area contributed by atoms with Gasteiger partial charge in [-0.05, 0) is 121 Å². The van der Waals surface area contributed by atoms with Crippen molar-refractivity contribution in [2.75, 3.05) is 4.90 Å². The van der Waals surface area contributed by atoms with E-state index >= 15 is 0 Å². The normalized spacial score (nSPS) is 11.5. The molecule has 0 fully saturated rings. The van der Waals surface area contributed by atoms with Gasteiger partial charge in [0, 0.05) is 33.4 Å². The van der Waals surface area contributed by atoms with E-state index in [1.165, 1.54) is 81.9 Å². The second kappa shape index (κ2) is 14.8. The summed E-state index contributed by atoms with van der Waals surface area (Å²) in [7, 11) is 0. The Morgan fingerprint density at radius 3 is 1.61 bits per heavy atom. The van der Waals surface area contributed by atoms with Crippen molar-refractivity contribution in [3.05, 3.63) is 243 Å². The Kier molecular flexibility index (Phi) is 8.53. The van der Waals surface area contributed by atoms with Crippen molar-refractivity contribution in [2.24, 2.45) is 0 Å². The fraction of sp³-hybridized carbons (Fsp3) is 0. The molecule has 1 aromatic heterocycles. The van der Waals surface area contributed by atoms with Crippen LogP contribution in [0.4, 0.5) is 17.1 Å². The lowest BCUT2D eigenvalue weighted by Crippen LogP contribution is -2.10. The predicted molar refractivity (Wildman–Crippen MR) is 264 cm³/mol. The number of anilines is 3. The van der Waals surface area contributed by atoms with Crippen LogP contribution in [0.15, 0.2) is 243 Å². The largest absolute Gasteiger partial charge is 0.310 e. The third-order valence-electron chi connectivity index (χ3n) is 12.5. The van der Waals surface area contributed by atoms with Crippen LogP contribution in [0.2, 0.25) is 0 Å². The number of benzene rings is 11. The van der Waals surface area contributed by atoms with Gasteiger partial charge in [-0.3, -0.25) is 0 Å². The maximum Gasteiger partial charge on any atom is 0.0541 e. The van der Waals surface area contributed by atoms with Crippen LogP contribution in [0, 0.1) is 0 Å². The Hall–Kier alpha value is -8.20. The Bertz CT molecular complexity index is 3600. The highest BCUT2D eigenvalue weighted by atomic mass is 15.1. The molecule has 12 aromatic rings. The SMILES string of the molecule is c1ccc(-c2cc(N(c3cccc(-c4cc5ccccc5c5ccccc45)c3)c3ccc4ccccc4c3)ccc2-c2ccccc2-n2c3ccccc3c3ccccc32)cc1. The van der Waals surface area contributed by atoms with E-state index in [-0.39, 0.29) is 0 Å². The molecule has 0 radical (unpaired) electrons. The van der Waals surface area contributed by atoms with Crippen molar-refractivity contribution in [2.45, 2.75) is 0 Å². The minimum Gasteiger partial charge on any atom is -0.310 e. The number of hydrogen-bond acceptors (Lipinski definition) is 1. The molecular weight excluding hydrogens is 749 g/mol. The summed E-state index contributed by atoms with van der Waals surface area (Å²) in [4.78, 5) is 2.42. The van der Waals surface area contributed by atoms with Crippen LogP contribution in [-0.4, -0.2) is 4.57 Å². The predicted octanol–water partition coefficient (Wildman–Crippen LogP) is 16.7. The van der Waals surface area contributed by atoms with E-state index in [9.17, 15) is 0 Å². The standard InChI is InChI=1S/C60H40N2/c1-2-18-42(19-3-1)57-40-48(35-36-52(57)53-27-10-13-30-58(53)62-59-31-14-11-28-54(59)55-29-12-15-32-60(55)62)61(47-34-33-41-17-4-5-20-43(41)37-47)46-23-16-22-44(38-46)56-39-45-21-6-7-24-49(45)50-25-8-9-26-51(50)56/h1-40H. The number of fused-ring (bicyclic) bond motifs is 7. The molecule has 0 saturated heterocycles. The van der Waals surface area contributed by atoms with Crippen molar-refractivity contribution >= 4 is 71.2 Å². The average molecular weight is 789 g/mol. The van der Waals surface area contributed by atoms with Gasteiger partial charge in [0.2, 0.25) is 0 Å². The summed E-state index contributed by atoms with van der Waals surface area (Å²) in [5.74, 6) is 0.